The van der Waals surface area contributed by atoms with Crippen LogP contribution in [0.4, 0.5) is 0 Å². The summed E-state index contributed by atoms with van der Waals surface area (Å²) in [5.74, 6) is 0.539. The van der Waals surface area contributed by atoms with Crippen molar-refractivity contribution in [3.8, 4) is 0 Å². The molecule has 1 aromatic heterocycles. The lowest BCUT2D eigenvalue weighted by atomic mass is 10.1. The minimum Gasteiger partial charge on any atom is -0.330 e. The van der Waals surface area contributed by atoms with E-state index in [-0.39, 0.29) is 0 Å². The zero-order chi connectivity index (χ0) is 10.7. The van der Waals surface area contributed by atoms with Crippen LogP contribution in [-0.2, 0) is 6.42 Å². The highest BCUT2D eigenvalue weighted by Crippen LogP contribution is 2.28. The lowest BCUT2D eigenvalue weighted by molar-refractivity contribution is 0.458. The van der Waals surface area contributed by atoms with Crippen molar-refractivity contribution in [1.82, 2.24) is 9.78 Å². The normalized spacial score (nSPS) is 19.6. The Morgan fingerprint density at radius 1 is 1.53 bits per heavy atom. The average Bonchev–Trinajstić information content (AvgIpc) is 2.85. The molecule has 1 fully saturated rings. The number of hydrogen-bond acceptors (Lipinski definition) is 2. The number of nitrogens with zero attached hydrogens (tertiary/aromatic N) is 2. The van der Waals surface area contributed by atoms with E-state index in [0.29, 0.717) is 12.0 Å². The Balaban J connectivity index is 1.97. The fourth-order valence-corrected chi connectivity index (χ4v) is 2.30. The van der Waals surface area contributed by atoms with Crippen molar-refractivity contribution in [1.29, 1.82) is 0 Å². The van der Waals surface area contributed by atoms with Crippen LogP contribution in [0.2, 0.25) is 0 Å². The maximum Gasteiger partial charge on any atom is 0.0627 e. The maximum absolute atomic E-state index is 5.61. The molecule has 1 heterocycles. The number of hydrogen-bond donors (Lipinski definition) is 1. The Morgan fingerprint density at radius 3 is 2.93 bits per heavy atom. The van der Waals surface area contributed by atoms with E-state index in [9.17, 15) is 0 Å². The summed E-state index contributed by atoms with van der Waals surface area (Å²) in [6.07, 6.45) is 8.46. The standard InChI is InChI=1S/C12H21N3/c1-10(9-13)8-11-6-7-15(14-11)12-4-2-3-5-12/h6-7,10,12H,2-5,8-9,13H2,1H3. The van der Waals surface area contributed by atoms with Gasteiger partial charge >= 0.3 is 0 Å². The van der Waals surface area contributed by atoms with Crippen LogP contribution in [0.25, 0.3) is 0 Å². The van der Waals surface area contributed by atoms with Gasteiger partial charge in [0, 0.05) is 6.20 Å². The Hall–Kier alpha value is -0.830. The highest BCUT2D eigenvalue weighted by atomic mass is 15.3. The SMILES string of the molecule is CC(CN)Cc1ccn(C2CCCC2)n1. The van der Waals surface area contributed by atoms with E-state index in [1.807, 2.05) is 0 Å². The highest BCUT2D eigenvalue weighted by molar-refractivity contribution is 5.01. The molecule has 15 heavy (non-hydrogen) atoms. The average molecular weight is 207 g/mol. The second-order valence-electron chi connectivity index (χ2n) is 4.77. The molecule has 84 valence electrons. The predicted molar refractivity (Wildman–Crippen MR) is 61.7 cm³/mol. The maximum atomic E-state index is 5.61. The Bertz CT molecular complexity index is 300. The summed E-state index contributed by atoms with van der Waals surface area (Å²) in [7, 11) is 0. The summed E-state index contributed by atoms with van der Waals surface area (Å²) in [5, 5.41) is 4.64. The van der Waals surface area contributed by atoms with Crippen molar-refractivity contribution in [3.05, 3.63) is 18.0 Å². The van der Waals surface area contributed by atoms with Gasteiger partial charge in [0.2, 0.25) is 0 Å². The monoisotopic (exact) mass is 207 g/mol. The van der Waals surface area contributed by atoms with Crippen molar-refractivity contribution in [2.45, 2.75) is 45.1 Å². The molecule has 1 unspecified atom stereocenters. The number of rotatable bonds is 4. The molecular formula is C12H21N3. The Morgan fingerprint density at radius 2 is 2.27 bits per heavy atom. The summed E-state index contributed by atoms with van der Waals surface area (Å²) < 4.78 is 2.16. The van der Waals surface area contributed by atoms with E-state index in [1.165, 1.54) is 31.4 Å². The summed E-state index contributed by atoms with van der Waals surface area (Å²) in [5.41, 5.74) is 6.81. The van der Waals surface area contributed by atoms with Crippen LogP contribution in [0.3, 0.4) is 0 Å². The van der Waals surface area contributed by atoms with Gasteiger partial charge in [0.25, 0.3) is 0 Å². The van der Waals surface area contributed by atoms with Crippen LogP contribution < -0.4 is 5.73 Å². The Labute approximate surface area is 91.7 Å². The van der Waals surface area contributed by atoms with Crippen molar-refractivity contribution in [3.63, 3.8) is 0 Å². The topological polar surface area (TPSA) is 43.8 Å². The van der Waals surface area contributed by atoms with Crippen LogP contribution >= 0.6 is 0 Å². The van der Waals surface area contributed by atoms with Crippen LogP contribution in [0.1, 0.15) is 44.3 Å². The fourth-order valence-electron chi connectivity index (χ4n) is 2.30. The first-order chi connectivity index (χ1) is 7.29. The molecule has 0 amide bonds. The van der Waals surface area contributed by atoms with Gasteiger partial charge in [0.15, 0.2) is 0 Å². The van der Waals surface area contributed by atoms with Gasteiger partial charge in [0.1, 0.15) is 0 Å². The second kappa shape index (κ2) is 4.79. The van der Waals surface area contributed by atoms with Crippen molar-refractivity contribution < 1.29 is 0 Å². The third-order valence-electron chi connectivity index (χ3n) is 3.32. The van der Waals surface area contributed by atoms with E-state index >= 15 is 0 Å². The van der Waals surface area contributed by atoms with E-state index in [0.717, 1.165) is 13.0 Å². The predicted octanol–water partition coefficient (Wildman–Crippen LogP) is 2.14. The van der Waals surface area contributed by atoms with Gasteiger partial charge in [-0.05, 0) is 37.8 Å². The molecule has 1 saturated carbocycles. The van der Waals surface area contributed by atoms with Crippen molar-refractivity contribution >= 4 is 0 Å². The van der Waals surface area contributed by atoms with Crippen molar-refractivity contribution in [2.75, 3.05) is 6.54 Å². The Kier molecular flexibility index (Phi) is 3.41. The summed E-state index contributed by atoms with van der Waals surface area (Å²) in [6.45, 7) is 2.92. The lowest BCUT2D eigenvalue weighted by Gasteiger charge is -2.09. The molecule has 2 rings (SSSR count). The fraction of sp³-hybridized carbons (Fsp3) is 0.750. The molecule has 0 aliphatic heterocycles. The molecule has 0 spiro atoms. The van der Waals surface area contributed by atoms with Gasteiger partial charge in [0.05, 0.1) is 11.7 Å². The number of aromatic nitrogens is 2. The zero-order valence-electron chi connectivity index (χ0n) is 9.52. The van der Waals surface area contributed by atoms with E-state index in [4.69, 9.17) is 5.73 Å². The molecule has 2 N–H and O–H groups in total. The van der Waals surface area contributed by atoms with Gasteiger partial charge in [-0.2, -0.15) is 5.10 Å². The third-order valence-corrected chi connectivity index (χ3v) is 3.32. The first kappa shape index (κ1) is 10.7. The van der Waals surface area contributed by atoms with Gasteiger partial charge in [-0.3, -0.25) is 4.68 Å². The molecule has 0 radical (unpaired) electrons. The molecule has 0 saturated heterocycles. The van der Waals surface area contributed by atoms with Gasteiger partial charge < -0.3 is 5.73 Å². The van der Waals surface area contributed by atoms with E-state index in [2.05, 4.69) is 29.0 Å². The molecule has 1 aliphatic rings. The second-order valence-corrected chi connectivity index (χ2v) is 4.77. The van der Waals surface area contributed by atoms with Gasteiger partial charge in [-0.15, -0.1) is 0 Å². The minimum absolute atomic E-state index is 0.539. The summed E-state index contributed by atoms with van der Waals surface area (Å²) >= 11 is 0. The van der Waals surface area contributed by atoms with E-state index in [1.54, 1.807) is 0 Å². The minimum atomic E-state index is 0.539. The molecule has 1 atom stereocenters. The van der Waals surface area contributed by atoms with Gasteiger partial charge in [-0.25, -0.2) is 0 Å². The molecule has 0 bridgehead atoms. The van der Waals surface area contributed by atoms with E-state index < -0.39 is 0 Å². The smallest absolute Gasteiger partial charge is 0.0627 e. The first-order valence-electron chi connectivity index (χ1n) is 6.03. The molecule has 3 heteroatoms. The summed E-state index contributed by atoms with van der Waals surface area (Å²) in [6, 6.07) is 2.80. The molecule has 1 aliphatic carbocycles. The summed E-state index contributed by atoms with van der Waals surface area (Å²) in [4.78, 5) is 0. The third kappa shape index (κ3) is 2.59. The molecule has 0 aromatic carbocycles. The lowest BCUT2D eigenvalue weighted by Crippen LogP contribution is -2.14. The number of nitrogens with two attached hydrogens (primary N) is 1. The molecular weight excluding hydrogens is 186 g/mol. The van der Waals surface area contributed by atoms with Crippen LogP contribution in [0.15, 0.2) is 12.3 Å². The van der Waals surface area contributed by atoms with Crippen LogP contribution in [0.5, 0.6) is 0 Å². The zero-order valence-corrected chi connectivity index (χ0v) is 9.52. The quantitative estimate of drug-likeness (QED) is 0.822. The highest BCUT2D eigenvalue weighted by Gasteiger charge is 2.17. The molecule has 3 nitrogen and oxygen atoms in total. The largest absolute Gasteiger partial charge is 0.330 e. The van der Waals surface area contributed by atoms with Crippen LogP contribution in [-0.4, -0.2) is 16.3 Å². The van der Waals surface area contributed by atoms with Crippen molar-refractivity contribution in [2.24, 2.45) is 11.7 Å². The first-order valence-corrected chi connectivity index (χ1v) is 6.03. The van der Waals surface area contributed by atoms with Gasteiger partial charge in [-0.1, -0.05) is 19.8 Å². The molecule has 1 aromatic rings. The van der Waals surface area contributed by atoms with Crippen LogP contribution in [0, 0.1) is 5.92 Å².